The lowest BCUT2D eigenvalue weighted by Gasteiger charge is -2.01. The minimum atomic E-state index is -1.31. The van der Waals surface area contributed by atoms with Gasteiger partial charge in [-0.3, -0.25) is 0 Å². The second kappa shape index (κ2) is 9.55. The van der Waals surface area contributed by atoms with E-state index in [1.165, 1.54) is 12.1 Å². The Bertz CT molecular complexity index is 1010. The first kappa shape index (κ1) is 21.7. The number of hydrogen-bond donors (Lipinski definition) is 6. The minimum absolute atomic E-state index is 0.167. The number of carbonyl (C=O) groups is 2. The molecule has 0 unspecified atom stereocenters. The molecule has 0 spiro atoms. The van der Waals surface area contributed by atoms with Gasteiger partial charge in [-0.15, -0.1) is 0 Å². The van der Waals surface area contributed by atoms with E-state index in [0.717, 1.165) is 24.3 Å². The fourth-order valence-electron chi connectivity index (χ4n) is 2.10. The molecule has 0 radical (unpaired) electrons. The van der Waals surface area contributed by atoms with Crippen molar-refractivity contribution in [3.8, 4) is 17.2 Å². The SMILES string of the molecule is Nc1ccc(O)cc1.O=C(O)c1cc(N=Nc2ccc(O)c(C(=O)O)c2)ccc1O. The van der Waals surface area contributed by atoms with E-state index in [1.54, 1.807) is 24.3 Å². The quantitative estimate of drug-likeness (QED) is 0.212. The van der Waals surface area contributed by atoms with Gasteiger partial charge in [-0.05, 0) is 60.7 Å². The number of aromatic carboxylic acids is 2. The summed E-state index contributed by atoms with van der Waals surface area (Å²) in [5.41, 5.74) is 5.67. The van der Waals surface area contributed by atoms with Crippen molar-refractivity contribution >= 4 is 29.0 Å². The first-order valence-corrected chi connectivity index (χ1v) is 8.26. The molecular weight excluding hydrogens is 394 g/mol. The van der Waals surface area contributed by atoms with Crippen LogP contribution < -0.4 is 5.73 Å². The zero-order chi connectivity index (χ0) is 22.3. The molecule has 30 heavy (non-hydrogen) atoms. The number of carboxylic acids is 2. The average molecular weight is 411 g/mol. The number of nitrogens with zero attached hydrogens (tertiary/aromatic N) is 2. The molecular formula is C20H17N3O7. The van der Waals surface area contributed by atoms with Gasteiger partial charge in [0.25, 0.3) is 0 Å². The molecule has 154 valence electrons. The first-order chi connectivity index (χ1) is 14.2. The Morgan fingerprint density at radius 1 is 0.667 bits per heavy atom. The van der Waals surface area contributed by atoms with Crippen LogP contribution in [-0.2, 0) is 0 Å². The lowest BCUT2D eigenvalue weighted by atomic mass is 10.2. The van der Waals surface area contributed by atoms with Crippen LogP contribution in [0, 0.1) is 0 Å². The summed E-state index contributed by atoms with van der Waals surface area (Å²) in [6, 6.07) is 13.7. The van der Waals surface area contributed by atoms with Crippen molar-refractivity contribution in [2.75, 3.05) is 5.73 Å². The molecule has 0 aliphatic carbocycles. The molecule has 10 heteroatoms. The van der Waals surface area contributed by atoms with Gasteiger partial charge in [0.05, 0.1) is 11.4 Å². The van der Waals surface area contributed by atoms with Crippen LogP contribution in [0.15, 0.2) is 70.9 Å². The van der Waals surface area contributed by atoms with Crippen LogP contribution in [0.3, 0.4) is 0 Å². The van der Waals surface area contributed by atoms with E-state index in [0.29, 0.717) is 5.69 Å². The number of phenolic OH excluding ortho intramolecular Hbond substituents is 1. The van der Waals surface area contributed by atoms with Crippen molar-refractivity contribution in [2.45, 2.75) is 0 Å². The lowest BCUT2D eigenvalue weighted by Crippen LogP contribution is -1.96. The topological polar surface area (TPSA) is 186 Å². The lowest BCUT2D eigenvalue weighted by molar-refractivity contribution is 0.0682. The third-order valence-corrected chi connectivity index (χ3v) is 3.60. The Kier molecular flexibility index (Phi) is 6.91. The molecule has 0 saturated heterocycles. The molecule has 0 saturated carbocycles. The predicted octanol–water partition coefficient (Wildman–Crippen LogP) is 3.88. The van der Waals surface area contributed by atoms with E-state index in [2.05, 4.69) is 10.2 Å². The van der Waals surface area contributed by atoms with Gasteiger partial charge in [-0.2, -0.15) is 10.2 Å². The van der Waals surface area contributed by atoms with Crippen LogP contribution in [0.5, 0.6) is 17.2 Å². The van der Waals surface area contributed by atoms with Crippen molar-refractivity contribution < 1.29 is 35.1 Å². The highest BCUT2D eigenvalue weighted by Crippen LogP contribution is 2.27. The van der Waals surface area contributed by atoms with Gasteiger partial charge in [-0.25, -0.2) is 9.59 Å². The van der Waals surface area contributed by atoms with Gasteiger partial charge in [0, 0.05) is 5.69 Å². The van der Waals surface area contributed by atoms with Crippen LogP contribution >= 0.6 is 0 Å². The molecule has 3 rings (SSSR count). The summed E-state index contributed by atoms with van der Waals surface area (Å²) in [6.45, 7) is 0. The number of carboxylic acid groups (broad SMARTS) is 2. The number of hydrogen-bond acceptors (Lipinski definition) is 8. The molecule has 3 aromatic rings. The molecule has 10 nitrogen and oxygen atoms in total. The van der Waals surface area contributed by atoms with Crippen LogP contribution in [0.1, 0.15) is 20.7 Å². The highest BCUT2D eigenvalue weighted by atomic mass is 16.4. The van der Waals surface area contributed by atoms with Crippen LogP contribution in [0.25, 0.3) is 0 Å². The molecule has 3 aromatic carbocycles. The molecule has 0 aliphatic rings. The van der Waals surface area contributed by atoms with Crippen LogP contribution in [0.2, 0.25) is 0 Å². The molecule has 0 aromatic heterocycles. The van der Waals surface area contributed by atoms with Crippen molar-refractivity contribution in [2.24, 2.45) is 10.2 Å². The number of nitrogens with two attached hydrogens (primary N) is 1. The number of azo groups is 1. The first-order valence-electron chi connectivity index (χ1n) is 8.26. The molecule has 0 fully saturated rings. The largest absolute Gasteiger partial charge is 0.508 e. The maximum atomic E-state index is 10.9. The Hall–Kier alpha value is -4.60. The highest BCUT2D eigenvalue weighted by molar-refractivity contribution is 5.92. The standard InChI is InChI=1S/C14H10N2O6.C6H7NO/c17-11-3-1-7(5-9(11)13(19)20)15-16-8-2-4-12(18)10(6-8)14(21)22;7-5-1-3-6(8)4-2-5/h1-6,17-18H,(H,19,20)(H,21,22);1-4,8H,7H2. The number of benzene rings is 3. The van der Waals surface area contributed by atoms with E-state index in [9.17, 15) is 19.8 Å². The highest BCUT2D eigenvalue weighted by Gasteiger charge is 2.11. The van der Waals surface area contributed by atoms with Crippen molar-refractivity contribution in [1.82, 2.24) is 0 Å². The van der Waals surface area contributed by atoms with Gasteiger partial charge in [-0.1, -0.05) is 0 Å². The van der Waals surface area contributed by atoms with E-state index in [-0.39, 0.29) is 28.3 Å². The molecule has 0 aliphatic heterocycles. The van der Waals surface area contributed by atoms with Crippen molar-refractivity contribution in [1.29, 1.82) is 0 Å². The maximum Gasteiger partial charge on any atom is 0.339 e. The molecule has 7 N–H and O–H groups in total. The van der Waals surface area contributed by atoms with Gasteiger partial charge in [0.1, 0.15) is 28.4 Å². The number of rotatable bonds is 4. The predicted molar refractivity (Wildman–Crippen MR) is 107 cm³/mol. The summed E-state index contributed by atoms with van der Waals surface area (Å²) in [4.78, 5) is 21.8. The summed E-state index contributed by atoms with van der Waals surface area (Å²) in [7, 11) is 0. The monoisotopic (exact) mass is 411 g/mol. The smallest absolute Gasteiger partial charge is 0.339 e. The van der Waals surface area contributed by atoms with E-state index in [1.807, 2.05) is 0 Å². The van der Waals surface area contributed by atoms with Crippen LogP contribution in [-0.4, -0.2) is 37.5 Å². The van der Waals surface area contributed by atoms with Crippen molar-refractivity contribution in [3.05, 3.63) is 71.8 Å². The van der Waals surface area contributed by atoms with Gasteiger partial charge in [0.15, 0.2) is 0 Å². The Labute approximate surface area is 169 Å². The fraction of sp³-hybridized carbons (Fsp3) is 0. The summed E-state index contributed by atoms with van der Waals surface area (Å²) < 4.78 is 0. The number of anilines is 1. The second-order valence-corrected chi connectivity index (χ2v) is 5.80. The number of aromatic hydroxyl groups is 3. The normalized spacial score (nSPS) is 10.3. The zero-order valence-corrected chi connectivity index (χ0v) is 15.3. The molecule has 0 amide bonds. The Morgan fingerprint density at radius 3 is 1.40 bits per heavy atom. The molecule has 0 atom stereocenters. The van der Waals surface area contributed by atoms with Gasteiger partial charge in [0.2, 0.25) is 0 Å². The van der Waals surface area contributed by atoms with E-state index >= 15 is 0 Å². The van der Waals surface area contributed by atoms with E-state index < -0.39 is 23.4 Å². The summed E-state index contributed by atoms with van der Waals surface area (Å²) in [5.74, 6) is -3.17. The Balaban J connectivity index is 0.000000335. The third kappa shape index (κ3) is 5.96. The number of nitrogen functional groups attached to an aromatic ring is 1. The average Bonchev–Trinajstić information content (AvgIpc) is 2.70. The minimum Gasteiger partial charge on any atom is -0.508 e. The second-order valence-electron chi connectivity index (χ2n) is 5.80. The van der Waals surface area contributed by atoms with E-state index in [4.69, 9.17) is 21.1 Å². The number of phenols is 3. The zero-order valence-electron chi connectivity index (χ0n) is 15.3. The van der Waals surface area contributed by atoms with Crippen LogP contribution in [0.4, 0.5) is 17.1 Å². The summed E-state index contributed by atoms with van der Waals surface area (Å²) in [5, 5.41) is 52.7. The summed E-state index contributed by atoms with van der Waals surface area (Å²) in [6.07, 6.45) is 0. The molecule has 0 heterocycles. The van der Waals surface area contributed by atoms with Crippen molar-refractivity contribution in [3.63, 3.8) is 0 Å². The fourth-order valence-corrected chi connectivity index (χ4v) is 2.10. The van der Waals surface area contributed by atoms with Gasteiger partial charge < -0.3 is 31.3 Å². The molecule has 0 bridgehead atoms. The third-order valence-electron chi connectivity index (χ3n) is 3.60. The maximum absolute atomic E-state index is 10.9. The Morgan fingerprint density at radius 2 is 1.07 bits per heavy atom. The van der Waals surface area contributed by atoms with Gasteiger partial charge >= 0.3 is 11.9 Å². The summed E-state index contributed by atoms with van der Waals surface area (Å²) >= 11 is 0.